The summed E-state index contributed by atoms with van der Waals surface area (Å²) < 4.78 is 41.3. The molecule has 28 heavy (non-hydrogen) atoms. The van der Waals surface area contributed by atoms with E-state index < -0.39 is 35.0 Å². The maximum Gasteiger partial charge on any atom is 0.275 e. The van der Waals surface area contributed by atoms with Crippen molar-refractivity contribution < 1.29 is 23.1 Å². The van der Waals surface area contributed by atoms with E-state index in [1.54, 1.807) is 13.8 Å². The van der Waals surface area contributed by atoms with Gasteiger partial charge in [-0.3, -0.25) is 4.79 Å². The normalized spacial score (nSPS) is 18.4. The highest BCUT2D eigenvalue weighted by molar-refractivity contribution is 5.93. The minimum Gasteiger partial charge on any atom is -0.393 e. The number of rotatable bonds is 1. The highest BCUT2D eigenvalue weighted by Gasteiger charge is 2.38. The summed E-state index contributed by atoms with van der Waals surface area (Å²) in [7, 11) is 0. The molecule has 2 aromatic rings. The Morgan fingerprint density at radius 1 is 1.21 bits per heavy atom. The van der Waals surface area contributed by atoms with Gasteiger partial charge in [0.2, 0.25) is 0 Å². The van der Waals surface area contributed by atoms with Gasteiger partial charge in [-0.05, 0) is 51.0 Å². The average molecular weight is 388 g/mol. The maximum absolute atomic E-state index is 14.5. The highest BCUT2D eigenvalue weighted by Crippen LogP contribution is 2.29. The molecule has 1 unspecified atom stereocenters. The van der Waals surface area contributed by atoms with E-state index >= 15 is 0 Å². The van der Waals surface area contributed by atoms with E-state index in [1.807, 2.05) is 0 Å². The standard InChI is InChI=1S/C21H19F3N2O2/c1-21(2)11-16(27)7-8-26(21)20(28)19-18(24)9-13(12-25-19)3-4-14-10-15(22)5-6-17(14)23/h5-6,9-10,12,16,27H,7-8,11H2,1-2H3. The number of amides is 1. The van der Waals surface area contributed by atoms with Crippen LogP contribution in [-0.2, 0) is 0 Å². The monoisotopic (exact) mass is 388 g/mol. The molecule has 0 spiro atoms. The van der Waals surface area contributed by atoms with Crippen molar-refractivity contribution in [1.29, 1.82) is 0 Å². The first-order chi connectivity index (χ1) is 13.2. The Morgan fingerprint density at radius 3 is 2.64 bits per heavy atom. The van der Waals surface area contributed by atoms with Crippen molar-refractivity contribution in [2.45, 2.75) is 38.3 Å². The van der Waals surface area contributed by atoms with Gasteiger partial charge in [-0.2, -0.15) is 0 Å². The van der Waals surface area contributed by atoms with E-state index in [-0.39, 0.29) is 16.8 Å². The van der Waals surface area contributed by atoms with Crippen molar-refractivity contribution in [3.8, 4) is 11.8 Å². The summed E-state index contributed by atoms with van der Waals surface area (Å²) in [5.41, 5.74) is -0.997. The van der Waals surface area contributed by atoms with Crippen LogP contribution < -0.4 is 0 Å². The van der Waals surface area contributed by atoms with E-state index in [4.69, 9.17) is 0 Å². The van der Waals surface area contributed by atoms with Crippen LogP contribution in [0.3, 0.4) is 0 Å². The maximum atomic E-state index is 14.5. The third-order valence-electron chi connectivity index (χ3n) is 4.71. The Morgan fingerprint density at radius 2 is 1.96 bits per heavy atom. The van der Waals surface area contributed by atoms with E-state index in [0.717, 1.165) is 24.3 Å². The molecule has 1 aliphatic heterocycles. The molecule has 1 atom stereocenters. The molecule has 0 saturated carbocycles. The number of aromatic nitrogens is 1. The largest absolute Gasteiger partial charge is 0.393 e. The van der Waals surface area contributed by atoms with Crippen LogP contribution in [0.2, 0.25) is 0 Å². The number of carbonyl (C=O) groups is 1. The van der Waals surface area contributed by atoms with Crippen molar-refractivity contribution in [2.75, 3.05) is 6.54 Å². The van der Waals surface area contributed by atoms with Gasteiger partial charge in [0, 0.05) is 23.8 Å². The van der Waals surface area contributed by atoms with Crippen LogP contribution in [0, 0.1) is 29.3 Å². The molecule has 1 amide bonds. The summed E-state index contributed by atoms with van der Waals surface area (Å²) in [6.45, 7) is 3.91. The topological polar surface area (TPSA) is 53.4 Å². The lowest BCUT2D eigenvalue weighted by molar-refractivity contribution is 0.00264. The van der Waals surface area contributed by atoms with Gasteiger partial charge in [-0.15, -0.1) is 0 Å². The van der Waals surface area contributed by atoms with Crippen LogP contribution in [0.25, 0.3) is 0 Å². The third kappa shape index (κ3) is 4.18. The molecule has 1 saturated heterocycles. The van der Waals surface area contributed by atoms with Crippen molar-refractivity contribution in [3.05, 3.63) is 64.7 Å². The van der Waals surface area contributed by atoms with Gasteiger partial charge in [-0.25, -0.2) is 18.2 Å². The third-order valence-corrected chi connectivity index (χ3v) is 4.71. The molecule has 4 nitrogen and oxygen atoms in total. The number of piperidine rings is 1. The van der Waals surface area contributed by atoms with Crippen LogP contribution in [0.15, 0.2) is 30.5 Å². The first-order valence-electron chi connectivity index (χ1n) is 8.80. The number of hydrogen-bond acceptors (Lipinski definition) is 3. The lowest BCUT2D eigenvalue weighted by Gasteiger charge is -2.44. The Labute approximate surface area is 161 Å². The Balaban J connectivity index is 1.84. The number of nitrogens with zero attached hydrogens (tertiary/aromatic N) is 2. The minimum atomic E-state index is -0.849. The average Bonchev–Trinajstić information content (AvgIpc) is 2.61. The Bertz CT molecular complexity index is 979. The second-order valence-corrected chi connectivity index (χ2v) is 7.34. The number of aliphatic hydroxyl groups excluding tert-OH is 1. The van der Waals surface area contributed by atoms with Gasteiger partial charge < -0.3 is 10.0 Å². The summed E-state index contributed by atoms with van der Waals surface area (Å²) in [5.74, 6) is 2.21. The number of hydrogen-bond donors (Lipinski definition) is 1. The zero-order valence-electron chi connectivity index (χ0n) is 15.5. The van der Waals surface area contributed by atoms with Crippen molar-refractivity contribution in [1.82, 2.24) is 9.88 Å². The fraction of sp³-hybridized carbons (Fsp3) is 0.333. The van der Waals surface area contributed by atoms with E-state index in [0.29, 0.717) is 19.4 Å². The number of halogens is 3. The fourth-order valence-corrected chi connectivity index (χ4v) is 3.27. The molecule has 1 N–H and O–H groups in total. The zero-order valence-corrected chi connectivity index (χ0v) is 15.5. The summed E-state index contributed by atoms with van der Waals surface area (Å²) >= 11 is 0. The molecule has 3 rings (SSSR count). The Kier molecular flexibility index (Phi) is 5.43. The highest BCUT2D eigenvalue weighted by atomic mass is 19.1. The number of carbonyl (C=O) groups excluding carboxylic acids is 1. The van der Waals surface area contributed by atoms with E-state index in [2.05, 4.69) is 16.8 Å². The van der Waals surface area contributed by atoms with Gasteiger partial charge in [0.05, 0.1) is 11.7 Å². The SMILES string of the molecule is CC1(C)CC(O)CCN1C(=O)c1ncc(C#Cc2cc(F)ccc2F)cc1F. The van der Waals surface area contributed by atoms with E-state index in [9.17, 15) is 23.1 Å². The number of benzene rings is 1. The van der Waals surface area contributed by atoms with Crippen LogP contribution >= 0.6 is 0 Å². The summed E-state index contributed by atoms with van der Waals surface area (Å²) in [6, 6.07) is 3.91. The quantitative estimate of drug-likeness (QED) is 0.763. The summed E-state index contributed by atoms with van der Waals surface area (Å²) in [6.07, 6.45) is 1.52. The van der Waals surface area contributed by atoms with Crippen LogP contribution in [0.5, 0.6) is 0 Å². The summed E-state index contributed by atoms with van der Waals surface area (Å²) in [5, 5.41) is 9.80. The Hall–Kier alpha value is -2.85. The van der Waals surface area contributed by atoms with Crippen molar-refractivity contribution in [2.24, 2.45) is 0 Å². The molecule has 1 aliphatic rings. The van der Waals surface area contributed by atoms with Crippen LogP contribution in [0.1, 0.15) is 48.3 Å². The molecule has 1 fully saturated rings. The second-order valence-electron chi connectivity index (χ2n) is 7.34. The lowest BCUT2D eigenvalue weighted by Crippen LogP contribution is -2.54. The second kappa shape index (κ2) is 7.64. The summed E-state index contributed by atoms with van der Waals surface area (Å²) in [4.78, 5) is 18.1. The molecule has 0 bridgehead atoms. The van der Waals surface area contributed by atoms with Crippen LogP contribution in [-0.4, -0.2) is 39.1 Å². The smallest absolute Gasteiger partial charge is 0.275 e. The van der Waals surface area contributed by atoms with Gasteiger partial charge in [0.25, 0.3) is 5.91 Å². The van der Waals surface area contributed by atoms with Crippen molar-refractivity contribution in [3.63, 3.8) is 0 Å². The molecule has 2 heterocycles. The first kappa shape index (κ1) is 19.9. The molecular weight excluding hydrogens is 369 g/mol. The molecule has 146 valence electrons. The molecular formula is C21H19F3N2O2. The predicted molar refractivity (Wildman–Crippen MR) is 96.9 cm³/mol. The van der Waals surface area contributed by atoms with Gasteiger partial charge in [-0.1, -0.05) is 11.8 Å². The number of likely N-dealkylation sites (tertiary alicyclic amines) is 1. The molecule has 1 aromatic heterocycles. The van der Waals surface area contributed by atoms with Crippen LogP contribution in [0.4, 0.5) is 13.2 Å². The molecule has 0 radical (unpaired) electrons. The molecule has 7 heteroatoms. The molecule has 0 aliphatic carbocycles. The first-order valence-corrected chi connectivity index (χ1v) is 8.80. The number of aliphatic hydroxyl groups is 1. The molecule has 1 aromatic carbocycles. The van der Waals surface area contributed by atoms with Crippen molar-refractivity contribution >= 4 is 5.91 Å². The number of pyridine rings is 1. The minimum absolute atomic E-state index is 0.131. The fourth-order valence-electron chi connectivity index (χ4n) is 3.27. The van der Waals surface area contributed by atoms with Gasteiger partial charge in [0.1, 0.15) is 11.6 Å². The lowest BCUT2D eigenvalue weighted by atomic mass is 9.88. The van der Waals surface area contributed by atoms with Gasteiger partial charge in [0.15, 0.2) is 11.5 Å². The predicted octanol–water partition coefficient (Wildman–Crippen LogP) is 3.27. The van der Waals surface area contributed by atoms with E-state index in [1.165, 1.54) is 11.1 Å². The zero-order chi connectivity index (χ0) is 20.5. The van der Waals surface area contributed by atoms with Gasteiger partial charge >= 0.3 is 0 Å².